The number of halogens is 1. The molecule has 0 radical (unpaired) electrons. The van der Waals surface area contributed by atoms with Crippen LogP contribution >= 0.6 is 11.6 Å². The van der Waals surface area contributed by atoms with E-state index in [4.69, 9.17) is 21.1 Å². The average Bonchev–Trinajstić information content (AvgIpc) is 2.62. The molecule has 3 aromatic carbocycles. The third kappa shape index (κ3) is 5.50. The monoisotopic (exact) mass is 381 g/mol. The van der Waals surface area contributed by atoms with Gasteiger partial charge in [-0.2, -0.15) is 0 Å². The summed E-state index contributed by atoms with van der Waals surface area (Å²) in [6.45, 7) is 3.96. The van der Waals surface area contributed by atoms with Gasteiger partial charge in [0.05, 0.1) is 10.7 Å². The number of carbonyl (C=O) groups excluding carboxylic acids is 1. The molecule has 3 aromatic rings. The highest BCUT2D eigenvalue weighted by Crippen LogP contribution is 2.26. The Bertz CT molecular complexity index is 918. The Morgan fingerprint density at radius 2 is 1.52 bits per heavy atom. The molecule has 0 saturated carbocycles. The SMILES string of the molecule is Cc1cc(C)cc(Oc2ccc(OCC(=O)Nc3ccccc3Cl)cc2)c1. The Balaban J connectivity index is 1.54. The van der Waals surface area contributed by atoms with E-state index in [1.807, 2.05) is 26.0 Å². The predicted octanol–water partition coefficient (Wildman–Crippen LogP) is 5.77. The zero-order valence-corrected chi connectivity index (χ0v) is 15.9. The lowest BCUT2D eigenvalue weighted by Crippen LogP contribution is -2.20. The van der Waals surface area contributed by atoms with Crippen molar-refractivity contribution in [1.29, 1.82) is 0 Å². The molecular formula is C22H20ClNO3. The van der Waals surface area contributed by atoms with Crippen molar-refractivity contribution in [2.75, 3.05) is 11.9 Å². The first-order chi connectivity index (χ1) is 13.0. The van der Waals surface area contributed by atoms with Crippen molar-refractivity contribution in [3.05, 3.63) is 82.9 Å². The summed E-state index contributed by atoms with van der Waals surface area (Å²) in [6.07, 6.45) is 0. The zero-order valence-electron chi connectivity index (χ0n) is 15.2. The number of nitrogens with one attached hydrogen (secondary N) is 1. The number of benzene rings is 3. The Kier molecular flexibility index (Phi) is 5.99. The first kappa shape index (κ1) is 18.8. The fraction of sp³-hybridized carbons (Fsp3) is 0.136. The molecule has 0 bridgehead atoms. The molecular weight excluding hydrogens is 362 g/mol. The number of hydrogen-bond donors (Lipinski definition) is 1. The molecule has 0 aliphatic heterocycles. The summed E-state index contributed by atoms with van der Waals surface area (Å²) >= 11 is 6.02. The van der Waals surface area contributed by atoms with Crippen LogP contribution in [0, 0.1) is 13.8 Å². The summed E-state index contributed by atoms with van der Waals surface area (Å²) in [5, 5.41) is 3.20. The van der Waals surface area contributed by atoms with Gasteiger partial charge in [0, 0.05) is 0 Å². The molecule has 0 saturated heterocycles. The molecule has 5 heteroatoms. The van der Waals surface area contributed by atoms with Gasteiger partial charge in [-0.05, 0) is 73.5 Å². The molecule has 0 aromatic heterocycles. The van der Waals surface area contributed by atoms with Crippen molar-refractivity contribution < 1.29 is 14.3 Å². The smallest absolute Gasteiger partial charge is 0.262 e. The van der Waals surface area contributed by atoms with E-state index in [1.165, 1.54) is 0 Å². The maximum Gasteiger partial charge on any atom is 0.262 e. The molecule has 27 heavy (non-hydrogen) atoms. The molecule has 138 valence electrons. The molecule has 1 amide bonds. The maximum atomic E-state index is 12.0. The van der Waals surface area contributed by atoms with Crippen LogP contribution < -0.4 is 14.8 Å². The second-order valence-electron chi connectivity index (χ2n) is 6.21. The van der Waals surface area contributed by atoms with Crippen LogP contribution in [-0.4, -0.2) is 12.5 Å². The average molecular weight is 382 g/mol. The third-order valence-corrected chi connectivity index (χ3v) is 4.10. The number of aryl methyl sites for hydroxylation is 2. The van der Waals surface area contributed by atoms with Crippen molar-refractivity contribution >= 4 is 23.2 Å². The maximum absolute atomic E-state index is 12.0. The number of rotatable bonds is 6. The van der Waals surface area contributed by atoms with Gasteiger partial charge in [-0.1, -0.05) is 29.8 Å². The van der Waals surface area contributed by atoms with Gasteiger partial charge in [0.15, 0.2) is 6.61 Å². The Labute approximate surface area is 163 Å². The molecule has 0 aliphatic rings. The first-order valence-corrected chi connectivity index (χ1v) is 8.91. The van der Waals surface area contributed by atoms with Gasteiger partial charge in [0.1, 0.15) is 17.2 Å². The molecule has 0 spiro atoms. The second-order valence-corrected chi connectivity index (χ2v) is 6.62. The largest absolute Gasteiger partial charge is 0.484 e. The minimum Gasteiger partial charge on any atom is -0.484 e. The van der Waals surface area contributed by atoms with Gasteiger partial charge in [0.2, 0.25) is 0 Å². The van der Waals surface area contributed by atoms with Crippen molar-refractivity contribution in [3.63, 3.8) is 0 Å². The van der Waals surface area contributed by atoms with Crippen LogP contribution in [0.4, 0.5) is 5.69 Å². The van der Waals surface area contributed by atoms with Gasteiger partial charge in [-0.25, -0.2) is 0 Å². The summed E-state index contributed by atoms with van der Waals surface area (Å²) < 4.78 is 11.4. The highest BCUT2D eigenvalue weighted by atomic mass is 35.5. The van der Waals surface area contributed by atoms with E-state index in [-0.39, 0.29) is 12.5 Å². The Morgan fingerprint density at radius 1 is 0.889 bits per heavy atom. The van der Waals surface area contributed by atoms with Crippen LogP contribution in [0.2, 0.25) is 5.02 Å². The standard InChI is InChI=1S/C22H20ClNO3/c1-15-11-16(2)13-19(12-15)27-18-9-7-17(8-10-18)26-14-22(25)24-21-6-4-3-5-20(21)23/h3-13H,14H2,1-2H3,(H,24,25). The van der Waals surface area contributed by atoms with E-state index in [1.54, 1.807) is 48.5 Å². The lowest BCUT2D eigenvalue weighted by Gasteiger charge is -2.10. The molecule has 0 atom stereocenters. The summed E-state index contributed by atoms with van der Waals surface area (Å²) in [5.74, 6) is 1.80. The van der Waals surface area contributed by atoms with Crippen molar-refractivity contribution in [2.24, 2.45) is 0 Å². The quantitative estimate of drug-likeness (QED) is 0.589. The van der Waals surface area contributed by atoms with Crippen molar-refractivity contribution in [2.45, 2.75) is 13.8 Å². The van der Waals surface area contributed by atoms with Crippen molar-refractivity contribution in [1.82, 2.24) is 0 Å². The summed E-state index contributed by atoms with van der Waals surface area (Å²) in [6, 6.07) is 20.3. The number of carbonyl (C=O) groups is 1. The molecule has 0 heterocycles. The van der Waals surface area contributed by atoms with Crippen LogP contribution in [0.5, 0.6) is 17.2 Å². The van der Waals surface area contributed by atoms with Gasteiger partial charge >= 0.3 is 0 Å². The lowest BCUT2D eigenvalue weighted by atomic mass is 10.1. The zero-order chi connectivity index (χ0) is 19.2. The minimum absolute atomic E-state index is 0.109. The Morgan fingerprint density at radius 3 is 2.19 bits per heavy atom. The molecule has 0 aliphatic carbocycles. The molecule has 1 N–H and O–H groups in total. The fourth-order valence-corrected chi connectivity index (χ4v) is 2.81. The molecule has 3 rings (SSSR count). The van der Waals surface area contributed by atoms with E-state index >= 15 is 0 Å². The number of anilines is 1. The van der Waals surface area contributed by atoms with E-state index in [0.29, 0.717) is 22.2 Å². The van der Waals surface area contributed by atoms with Crippen LogP contribution in [0.25, 0.3) is 0 Å². The summed E-state index contributed by atoms with van der Waals surface area (Å²) in [4.78, 5) is 12.0. The topological polar surface area (TPSA) is 47.6 Å². The predicted molar refractivity (Wildman–Crippen MR) is 108 cm³/mol. The first-order valence-electron chi connectivity index (χ1n) is 8.53. The number of hydrogen-bond acceptors (Lipinski definition) is 3. The summed E-state index contributed by atoms with van der Waals surface area (Å²) in [5.41, 5.74) is 2.86. The van der Waals surface area contributed by atoms with Crippen molar-refractivity contribution in [3.8, 4) is 17.2 Å². The van der Waals surface area contributed by atoms with Gasteiger partial charge in [-0.3, -0.25) is 4.79 Å². The van der Waals surface area contributed by atoms with Crippen LogP contribution in [0.1, 0.15) is 11.1 Å². The minimum atomic E-state index is -0.279. The van der Waals surface area contributed by atoms with Crippen LogP contribution in [0.15, 0.2) is 66.7 Å². The van der Waals surface area contributed by atoms with E-state index in [0.717, 1.165) is 16.9 Å². The molecule has 4 nitrogen and oxygen atoms in total. The van der Waals surface area contributed by atoms with E-state index in [2.05, 4.69) is 11.4 Å². The number of amides is 1. The van der Waals surface area contributed by atoms with Crippen LogP contribution in [0.3, 0.4) is 0 Å². The Hall–Kier alpha value is -2.98. The van der Waals surface area contributed by atoms with E-state index < -0.39 is 0 Å². The fourth-order valence-electron chi connectivity index (χ4n) is 2.63. The second kappa shape index (κ2) is 8.60. The van der Waals surface area contributed by atoms with Crippen LogP contribution in [-0.2, 0) is 4.79 Å². The number of para-hydroxylation sites is 1. The normalized spacial score (nSPS) is 10.3. The molecule has 0 fully saturated rings. The highest BCUT2D eigenvalue weighted by molar-refractivity contribution is 6.33. The molecule has 0 unspecified atom stereocenters. The van der Waals surface area contributed by atoms with Gasteiger partial charge < -0.3 is 14.8 Å². The van der Waals surface area contributed by atoms with Gasteiger partial charge in [0.25, 0.3) is 5.91 Å². The van der Waals surface area contributed by atoms with Gasteiger partial charge in [-0.15, -0.1) is 0 Å². The number of ether oxygens (including phenoxy) is 2. The highest BCUT2D eigenvalue weighted by Gasteiger charge is 2.07. The van der Waals surface area contributed by atoms with E-state index in [9.17, 15) is 4.79 Å². The summed E-state index contributed by atoms with van der Waals surface area (Å²) in [7, 11) is 0. The third-order valence-electron chi connectivity index (χ3n) is 3.77. The lowest BCUT2D eigenvalue weighted by molar-refractivity contribution is -0.118.